The van der Waals surface area contributed by atoms with Crippen molar-refractivity contribution in [1.29, 1.82) is 0 Å². The van der Waals surface area contributed by atoms with Gasteiger partial charge in [-0.05, 0) is 41.3 Å². The molecule has 1 atom stereocenters. The first-order chi connectivity index (χ1) is 15.6. The highest BCUT2D eigenvalue weighted by Crippen LogP contribution is 2.36. The van der Waals surface area contributed by atoms with Crippen molar-refractivity contribution >= 4 is 6.21 Å². The van der Waals surface area contributed by atoms with Gasteiger partial charge in [-0.15, -0.1) is 0 Å². The molecule has 0 saturated carbocycles. The summed E-state index contributed by atoms with van der Waals surface area (Å²) in [6.07, 6.45) is 1.87. The maximum absolute atomic E-state index is 13.8. The summed E-state index contributed by atoms with van der Waals surface area (Å²) in [6, 6.07) is 31.7. The van der Waals surface area contributed by atoms with E-state index in [-0.39, 0.29) is 11.3 Å². The predicted molar refractivity (Wildman–Crippen MR) is 125 cm³/mol. The van der Waals surface area contributed by atoms with Crippen LogP contribution >= 0.6 is 0 Å². The Labute approximate surface area is 187 Å². The SMILES string of the molecule is Oc1ccc(F)cc1C=N[C@@H](Cc1ccccc1)C(O)(c1ccccc1)c1ccccc1. The minimum Gasteiger partial charge on any atom is -0.507 e. The van der Waals surface area contributed by atoms with Crippen LogP contribution in [0.15, 0.2) is 114 Å². The largest absolute Gasteiger partial charge is 0.507 e. The molecule has 4 heteroatoms. The maximum Gasteiger partial charge on any atom is 0.137 e. The Morgan fingerprint density at radius 1 is 0.781 bits per heavy atom. The van der Waals surface area contributed by atoms with Crippen LogP contribution in [0, 0.1) is 5.82 Å². The highest BCUT2D eigenvalue weighted by Gasteiger charge is 2.40. The van der Waals surface area contributed by atoms with E-state index in [0.717, 1.165) is 5.56 Å². The van der Waals surface area contributed by atoms with Crippen molar-refractivity contribution in [3.63, 3.8) is 0 Å². The molecule has 0 unspecified atom stereocenters. The van der Waals surface area contributed by atoms with Crippen molar-refractivity contribution < 1.29 is 14.6 Å². The van der Waals surface area contributed by atoms with Gasteiger partial charge in [-0.1, -0.05) is 91.0 Å². The van der Waals surface area contributed by atoms with Crippen molar-refractivity contribution in [1.82, 2.24) is 0 Å². The van der Waals surface area contributed by atoms with Crippen molar-refractivity contribution in [2.75, 3.05) is 0 Å². The van der Waals surface area contributed by atoms with Crippen LogP contribution in [0.5, 0.6) is 5.75 Å². The van der Waals surface area contributed by atoms with Crippen molar-refractivity contribution in [2.45, 2.75) is 18.1 Å². The molecule has 4 aromatic carbocycles. The molecule has 0 heterocycles. The number of phenols is 1. The summed E-state index contributed by atoms with van der Waals surface area (Å²) in [5.74, 6) is -0.540. The summed E-state index contributed by atoms with van der Waals surface area (Å²) in [5.41, 5.74) is 1.22. The van der Waals surface area contributed by atoms with Crippen molar-refractivity contribution in [3.8, 4) is 5.75 Å². The van der Waals surface area contributed by atoms with Crippen LogP contribution in [-0.4, -0.2) is 22.5 Å². The number of phenolic OH excluding ortho intramolecular Hbond substituents is 1. The van der Waals surface area contributed by atoms with E-state index in [1.165, 1.54) is 24.4 Å². The Balaban J connectivity index is 1.85. The summed E-state index contributed by atoms with van der Waals surface area (Å²) in [7, 11) is 0. The summed E-state index contributed by atoms with van der Waals surface area (Å²) < 4.78 is 13.8. The Morgan fingerprint density at radius 2 is 1.31 bits per heavy atom. The fourth-order valence-corrected chi connectivity index (χ4v) is 3.88. The smallest absolute Gasteiger partial charge is 0.137 e. The number of rotatable bonds is 7. The summed E-state index contributed by atoms with van der Waals surface area (Å²) >= 11 is 0. The number of benzene rings is 4. The Morgan fingerprint density at radius 3 is 1.88 bits per heavy atom. The number of nitrogens with zero attached hydrogens (tertiary/aromatic N) is 1. The van der Waals surface area contributed by atoms with E-state index in [4.69, 9.17) is 4.99 Å². The molecule has 0 amide bonds. The molecule has 0 aliphatic carbocycles. The quantitative estimate of drug-likeness (QED) is 0.384. The minimum absolute atomic E-state index is 0.0726. The Bertz CT molecular complexity index is 1140. The standard InChI is InChI=1S/C28H24FNO2/c29-25-16-17-26(31)22(19-25)20-30-27(18-21-10-4-1-5-11-21)28(32,23-12-6-2-7-13-23)24-14-8-3-9-15-24/h1-17,19-20,27,31-32H,18H2/t27-/m0/s1. The van der Waals surface area contributed by atoms with Crippen LogP contribution in [0.3, 0.4) is 0 Å². The molecule has 0 radical (unpaired) electrons. The number of aliphatic hydroxyl groups is 1. The highest BCUT2D eigenvalue weighted by molar-refractivity contribution is 5.83. The number of hydrogen-bond donors (Lipinski definition) is 2. The molecule has 0 bridgehead atoms. The summed E-state index contributed by atoms with van der Waals surface area (Å²) in [6.45, 7) is 0. The first-order valence-corrected chi connectivity index (χ1v) is 10.5. The molecular formula is C28H24FNO2. The number of hydrogen-bond acceptors (Lipinski definition) is 3. The van der Waals surface area contributed by atoms with Crippen molar-refractivity contribution in [2.24, 2.45) is 4.99 Å². The van der Waals surface area contributed by atoms with Crippen molar-refractivity contribution in [3.05, 3.63) is 137 Å². The van der Waals surface area contributed by atoms with Crippen LogP contribution in [0.25, 0.3) is 0 Å². The van der Waals surface area contributed by atoms with Gasteiger partial charge in [0.1, 0.15) is 17.2 Å². The number of aromatic hydroxyl groups is 1. The maximum atomic E-state index is 13.8. The van der Waals surface area contributed by atoms with Crippen LogP contribution in [-0.2, 0) is 12.0 Å². The Hall–Kier alpha value is -3.76. The summed E-state index contributed by atoms with van der Waals surface area (Å²) in [4.78, 5) is 4.71. The van der Waals surface area contributed by atoms with Gasteiger partial charge in [-0.2, -0.15) is 0 Å². The van der Waals surface area contributed by atoms with Crippen LogP contribution in [0.4, 0.5) is 4.39 Å². The fraction of sp³-hybridized carbons (Fsp3) is 0.107. The van der Waals surface area contributed by atoms with E-state index in [9.17, 15) is 14.6 Å². The second-order valence-corrected chi connectivity index (χ2v) is 7.69. The second kappa shape index (κ2) is 9.58. The van der Waals surface area contributed by atoms with Gasteiger partial charge in [0.05, 0.1) is 6.04 Å². The van der Waals surface area contributed by atoms with Gasteiger partial charge in [-0.3, -0.25) is 4.99 Å². The lowest BCUT2D eigenvalue weighted by Gasteiger charge is -2.35. The third kappa shape index (κ3) is 4.61. The molecule has 0 aliphatic heterocycles. The minimum atomic E-state index is -1.45. The molecule has 4 rings (SSSR count). The molecule has 0 spiro atoms. The van der Waals surface area contributed by atoms with E-state index in [1.54, 1.807) is 0 Å². The molecule has 0 saturated heterocycles. The zero-order chi connectivity index (χ0) is 22.4. The molecule has 4 aromatic rings. The molecule has 3 nitrogen and oxygen atoms in total. The molecule has 32 heavy (non-hydrogen) atoms. The first-order valence-electron chi connectivity index (χ1n) is 10.5. The lowest BCUT2D eigenvalue weighted by molar-refractivity contribution is 0.0528. The zero-order valence-corrected chi connectivity index (χ0v) is 17.5. The molecule has 0 aliphatic rings. The predicted octanol–water partition coefficient (Wildman–Crippen LogP) is 5.50. The van der Waals surface area contributed by atoms with E-state index in [2.05, 4.69) is 0 Å². The van der Waals surface area contributed by atoms with E-state index in [1.807, 2.05) is 91.0 Å². The Kier molecular flexibility index (Phi) is 6.43. The molecular weight excluding hydrogens is 401 g/mol. The number of halogens is 1. The lowest BCUT2D eigenvalue weighted by Crippen LogP contribution is -2.41. The van der Waals surface area contributed by atoms with Crippen LogP contribution < -0.4 is 0 Å². The van der Waals surface area contributed by atoms with E-state index < -0.39 is 17.5 Å². The zero-order valence-electron chi connectivity index (χ0n) is 17.5. The number of aliphatic imine (C=N–C) groups is 1. The fourth-order valence-electron chi connectivity index (χ4n) is 3.88. The molecule has 0 fully saturated rings. The van der Waals surface area contributed by atoms with E-state index >= 15 is 0 Å². The second-order valence-electron chi connectivity index (χ2n) is 7.69. The first kappa shape index (κ1) is 21.5. The third-order valence-corrected chi connectivity index (χ3v) is 5.57. The van der Waals surface area contributed by atoms with Gasteiger partial charge in [0.25, 0.3) is 0 Å². The van der Waals surface area contributed by atoms with Gasteiger partial charge >= 0.3 is 0 Å². The van der Waals surface area contributed by atoms with Gasteiger partial charge in [0.15, 0.2) is 0 Å². The highest BCUT2D eigenvalue weighted by atomic mass is 19.1. The topological polar surface area (TPSA) is 52.8 Å². The third-order valence-electron chi connectivity index (χ3n) is 5.57. The van der Waals surface area contributed by atoms with Gasteiger partial charge in [0, 0.05) is 11.8 Å². The molecule has 0 aromatic heterocycles. The average Bonchev–Trinajstić information content (AvgIpc) is 2.85. The normalized spacial score (nSPS) is 12.7. The monoisotopic (exact) mass is 425 g/mol. The van der Waals surface area contributed by atoms with E-state index in [0.29, 0.717) is 17.5 Å². The molecule has 160 valence electrons. The van der Waals surface area contributed by atoms with Crippen LogP contribution in [0.1, 0.15) is 22.3 Å². The van der Waals surface area contributed by atoms with Gasteiger partial charge in [-0.25, -0.2) is 4.39 Å². The summed E-state index contributed by atoms with van der Waals surface area (Å²) in [5, 5.41) is 22.4. The lowest BCUT2D eigenvalue weighted by atomic mass is 9.78. The van der Waals surface area contributed by atoms with Crippen LogP contribution in [0.2, 0.25) is 0 Å². The average molecular weight is 426 g/mol. The molecule has 2 N–H and O–H groups in total. The van der Waals surface area contributed by atoms with Gasteiger partial charge in [0.2, 0.25) is 0 Å². The van der Waals surface area contributed by atoms with Gasteiger partial charge < -0.3 is 10.2 Å².